The molecular weight excluding hydrogens is 240 g/mol. The van der Waals surface area contributed by atoms with Crippen LogP contribution in [-0.2, 0) is 0 Å². The van der Waals surface area contributed by atoms with Gasteiger partial charge in [-0.2, -0.15) is 0 Å². The summed E-state index contributed by atoms with van der Waals surface area (Å²) in [6, 6.07) is 5.07. The number of carbonyl (C=O) groups is 1. The summed E-state index contributed by atoms with van der Waals surface area (Å²) in [6.45, 7) is 0.435. The number of nitrogens with zero attached hydrogens (tertiary/aromatic N) is 1. The molecule has 0 unspecified atom stereocenters. The van der Waals surface area contributed by atoms with E-state index in [-0.39, 0.29) is 18.7 Å². The van der Waals surface area contributed by atoms with E-state index in [2.05, 4.69) is 0 Å². The minimum Gasteiger partial charge on any atom is -0.492 e. The summed E-state index contributed by atoms with van der Waals surface area (Å²) in [7, 11) is 0. The Balaban J connectivity index is 1.89. The molecule has 5 heteroatoms. The Morgan fingerprint density at radius 1 is 1.33 bits per heavy atom. The highest BCUT2D eigenvalue weighted by Gasteiger charge is 2.38. The first-order valence-corrected chi connectivity index (χ1v) is 5.98. The number of carbonyl (C=O) groups excluding carboxylic acids is 1. The van der Waals surface area contributed by atoms with Gasteiger partial charge in [-0.05, 0) is 12.1 Å². The topological polar surface area (TPSA) is 29.5 Å². The predicted molar refractivity (Wildman–Crippen MR) is 62.7 cm³/mol. The molecule has 3 nitrogen and oxygen atoms in total. The summed E-state index contributed by atoms with van der Waals surface area (Å²) in [5.74, 6) is -2.06. The van der Waals surface area contributed by atoms with Gasteiger partial charge in [0.25, 0.3) is 5.92 Å². The normalized spacial score (nSPS) is 21.7. The third kappa shape index (κ3) is 1.94. The SMILES string of the molecule is O=C1CCOc2cc(N3CCC(F)(F)C3)ccc21. The number of anilines is 1. The zero-order chi connectivity index (χ0) is 12.8. The summed E-state index contributed by atoms with van der Waals surface area (Å²) in [6.07, 6.45) is 0.262. The minimum absolute atomic E-state index is 0.0505. The lowest BCUT2D eigenvalue weighted by molar-refractivity contribution is 0.0257. The van der Waals surface area contributed by atoms with Crippen LogP contribution in [0.5, 0.6) is 5.75 Å². The van der Waals surface area contributed by atoms with E-state index in [0.29, 0.717) is 36.6 Å². The maximum atomic E-state index is 13.2. The van der Waals surface area contributed by atoms with Crippen molar-refractivity contribution in [2.45, 2.75) is 18.8 Å². The molecule has 0 amide bonds. The molecule has 2 aliphatic heterocycles. The molecule has 0 N–H and O–H groups in total. The number of hydrogen-bond acceptors (Lipinski definition) is 3. The van der Waals surface area contributed by atoms with E-state index in [0.717, 1.165) is 0 Å². The van der Waals surface area contributed by atoms with E-state index >= 15 is 0 Å². The van der Waals surface area contributed by atoms with Gasteiger partial charge in [0.1, 0.15) is 5.75 Å². The van der Waals surface area contributed by atoms with Gasteiger partial charge in [-0.15, -0.1) is 0 Å². The average Bonchev–Trinajstić information content (AvgIpc) is 2.70. The lowest BCUT2D eigenvalue weighted by Gasteiger charge is -2.22. The zero-order valence-electron chi connectivity index (χ0n) is 9.79. The molecule has 2 heterocycles. The van der Waals surface area contributed by atoms with Crippen LogP contribution in [0.25, 0.3) is 0 Å². The number of hydrogen-bond donors (Lipinski definition) is 0. The van der Waals surface area contributed by atoms with Crippen molar-refractivity contribution in [3.05, 3.63) is 23.8 Å². The van der Waals surface area contributed by atoms with Gasteiger partial charge in [0.2, 0.25) is 0 Å². The fraction of sp³-hybridized carbons (Fsp3) is 0.462. The van der Waals surface area contributed by atoms with Crippen LogP contribution >= 0.6 is 0 Å². The third-order valence-corrected chi connectivity index (χ3v) is 3.39. The van der Waals surface area contributed by atoms with E-state index in [9.17, 15) is 13.6 Å². The zero-order valence-corrected chi connectivity index (χ0v) is 9.79. The van der Waals surface area contributed by atoms with Crippen molar-refractivity contribution in [1.29, 1.82) is 0 Å². The Morgan fingerprint density at radius 3 is 2.89 bits per heavy atom. The molecule has 18 heavy (non-hydrogen) atoms. The van der Waals surface area contributed by atoms with Gasteiger partial charge in [0.15, 0.2) is 5.78 Å². The van der Waals surface area contributed by atoms with Crippen molar-refractivity contribution in [3.63, 3.8) is 0 Å². The van der Waals surface area contributed by atoms with Gasteiger partial charge in [-0.3, -0.25) is 4.79 Å². The lowest BCUT2D eigenvalue weighted by atomic mass is 10.0. The number of ether oxygens (including phenoxy) is 1. The molecule has 2 aliphatic rings. The van der Waals surface area contributed by atoms with Crippen LogP contribution in [0.4, 0.5) is 14.5 Å². The highest BCUT2D eigenvalue weighted by Crippen LogP contribution is 2.34. The minimum atomic E-state index is -2.62. The highest BCUT2D eigenvalue weighted by molar-refractivity contribution is 6.00. The molecule has 96 valence electrons. The molecule has 1 fully saturated rings. The Morgan fingerprint density at radius 2 is 2.17 bits per heavy atom. The molecule has 0 radical (unpaired) electrons. The van der Waals surface area contributed by atoms with Crippen molar-refractivity contribution in [1.82, 2.24) is 0 Å². The van der Waals surface area contributed by atoms with Gasteiger partial charge in [-0.1, -0.05) is 0 Å². The molecule has 0 bridgehead atoms. The molecular formula is C13H13F2NO2. The Hall–Kier alpha value is -1.65. The van der Waals surface area contributed by atoms with E-state index in [1.54, 1.807) is 23.1 Å². The van der Waals surface area contributed by atoms with Crippen LogP contribution in [0.1, 0.15) is 23.2 Å². The summed E-state index contributed by atoms with van der Waals surface area (Å²) in [5.41, 5.74) is 1.25. The number of rotatable bonds is 1. The van der Waals surface area contributed by atoms with Crippen molar-refractivity contribution in [2.75, 3.05) is 24.6 Å². The van der Waals surface area contributed by atoms with Crippen molar-refractivity contribution >= 4 is 11.5 Å². The van der Waals surface area contributed by atoms with Crippen LogP contribution in [-0.4, -0.2) is 31.4 Å². The van der Waals surface area contributed by atoms with E-state index in [1.165, 1.54) is 0 Å². The maximum Gasteiger partial charge on any atom is 0.266 e. The Labute approximate surface area is 103 Å². The van der Waals surface area contributed by atoms with Crippen LogP contribution in [0.2, 0.25) is 0 Å². The first kappa shape index (κ1) is 11.4. The standard InChI is InChI=1S/C13H13F2NO2/c14-13(15)4-5-16(8-13)9-1-2-10-11(17)3-6-18-12(10)7-9/h1-2,7H,3-6,8H2. The predicted octanol–water partition coefficient (Wildman–Crippen LogP) is 2.50. The first-order chi connectivity index (χ1) is 8.55. The Kier molecular flexibility index (Phi) is 2.50. The number of benzene rings is 1. The fourth-order valence-electron chi connectivity index (χ4n) is 2.40. The van der Waals surface area contributed by atoms with Gasteiger partial charge in [0.05, 0.1) is 18.7 Å². The van der Waals surface area contributed by atoms with Crippen LogP contribution in [0, 0.1) is 0 Å². The maximum absolute atomic E-state index is 13.2. The molecule has 0 aromatic heterocycles. The van der Waals surface area contributed by atoms with Gasteiger partial charge in [-0.25, -0.2) is 8.78 Å². The summed E-state index contributed by atoms with van der Waals surface area (Å²) >= 11 is 0. The second kappa shape index (κ2) is 3.93. The fourth-order valence-corrected chi connectivity index (χ4v) is 2.40. The molecule has 0 atom stereocenters. The number of halogens is 2. The highest BCUT2D eigenvalue weighted by atomic mass is 19.3. The second-order valence-electron chi connectivity index (χ2n) is 4.73. The van der Waals surface area contributed by atoms with Crippen molar-refractivity contribution in [2.24, 2.45) is 0 Å². The molecule has 0 saturated carbocycles. The van der Waals surface area contributed by atoms with Gasteiger partial charge in [0, 0.05) is 31.1 Å². The number of Topliss-reactive ketones (excluding diaryl/α,β-unsaturated/α-hetero) is 1. The first-order valence-electron chi connectivity index (χ1n) is 5.98. The van der Waals surface area contributed by atoms with Crippen molar-refractivity contribution in [3.8, 4) is 5.75 Å². The number of alkyl halides is 2. The van der Waals surface area contributed by atoms with Crippen LogP contribution in [0.3, 0.4) is 0 Å². The Bertz CT molecular complexity index is 502. The monoisotopic (exact) mass is 253 g/mol. The lowest BCUT2D eigenvalue weighted by Crippen LogP contribution is -2.25. The quantitative estimate of drug-likeness (QED) is 0.770. The van der Waals surface area contributed by atoms with E-state index in [1.807, 2.05) is 0 Å². The average molecular weight is 253 g/mol. The van der Waals surface area contributed by atoms with E-state index in [4.69, 9.17) is 4.74 Å². The van der Waals surface area contributed by atoms with Gasteiger partial charge >= 0.3 is 0 Å². The second-order valence-corrected chi connectivity index (χ2v) is 4.73. The molecule has 3 rings (SSSR count). The number of fused-ring (bicyclic) bond motifs is 1. The van der Waals surface area contributed by atoms with Crippen molar-refractivity contribution < 1.29 is 18.3 Å². The van der Waals surface area contributed by atoms with Gasteiger partial charge < -0.3 is 9.64 Å². The van der Waals surface area contributed by atoms with Crippen LogP contribution < -0.4 is 9.64 Å². The molecule has 1 aromatic carbocycles. The number of ketones is 1. The van der Waals surface area contributed by atoms with Crippen LogP contribution in [0.15, 0.2) is 18.2 Å². The smallest absolute Gasteiger partial charge is 0.266 e. The third-order valence-electron chi connectivity index (χ3n) is 3.39. The summed E-state index contributed by atoms with van der Waals surface area (Å²) in [5, 5.41) is 0. The molecule has 1 aromatic rings. The van der Waals surface area contributed by atoms with E-state index < -0.39 is 5.92 Å². The molecule has 1 saturated heterocycles. The summed E-state index contributed by atoms with van der Waals surface area (Å²) < 4.78 is 31.7. The summed E-state index contributed by atoms with van der Waals surface area (Å²) in [4.78, 5) is 13.2. The molecule has 0 aliphatic carbocycles. The largest absolute Gasteiger partial charge is 0.492 e. The molecule has 0 spiro atoms.